The number of hydrogen-bond acceptors (Lipinski definition) is 7. The third kappa shape index (κ3) is 8.74. The van der Waals surface area contributed by atoms with Crippen LogP contribution in [-0.2, 0) is 45.2 Å². The summed E-state index contributed by atoms with van der Waals surface area (Å²) in [4.78, 5) is 19.2. The number of nitrogens with one attached hydrogen (secondary N) is 2. The summed E-state index contributed by atoms with van der Waals surface area (Å²) in [5, 5.41) is 11.4. The van der Waals surface area contributed by atoms with Crippen LogP contribution < -0.4 is 10.0 Å². The molecule has 5 aromatic rings. The molecule has 3 atom stereocenters. The van der Waals surface area contributed by atoms with E-state index in [0.717, 1.165) is 18.4 Å². The lowest BCUT2D eigenvalue weighted by molar-refractivity contribution is -0.123. The Morgan fingerprint density at radius 2 is 1.61 bits per heavy atom. The molecular weight excluding hydrogens is 924 g/mol. The van der Waals surface area contributed by atoms with E-state index in [1.165, 1.54) is 10.7 Å². The number of aryl methyl sites for hydroxylation is 1. The average Bonchev–Trinajstić information content (AvgIpc) is 4.09. The van der Waals surface area contributed by atoms with Crippen molar-refractivity contribution in [2.45, 2.75) is 120 Å². The van der Waals surface area contributed by atoms with Gasteiger partial charge >= 0.3 is 0 Å². The Morgan fingerprint density at radius 1 is 0.970 bits per heavy atom. The molecule has 1 amide bonds. The molecular formula is C46H50ClF6N7O4SSi. The highest BCUT2D eigenvalue weighted by Crippen LogP contribution is 2.68. The van der Waals surface area contributed by atoms with Crippen LogP contribution in [0.1, 0.15) is 113 Å². The van der Waals surface area contributed by atoms with E-state index in [4.69, 9.17) is 21.0 Å². The van der Waals surface area contributed by atoms with Gasteiger partial charge in [0.15, 0.2) is 5.82 Å². The number of alkyl halides is 4. The summed E-state index contributed by atoms with van der Waals surface area (Å²) in [5.74, 6) is -1.72. The van der Waals surface area contributed by atoms with Gasteiger partial charge in [-0.05, 0) is 90.0 Å². The van der Waals surface area contributed by atoms with Crippen LogP contribution in [0.5, 0.6) is 0 Å². The molecule has 0 aliphatic heterocycles. The molecule has 2 aromatic carbocycles. The predicted octanol–water partition coefficient (Wildman–Crippen LogP) is 10.5. The van der Waals surface area contributed by atoms with Gasteiger partial charge in [-0.2, -0.15) is 19.0 Å². The van der Waals surface area contributed by atoms with Gasteiger partial charge in [-0.25, -0.2) is 31.0 Å². The van der Waals surface area contributed by atoms with Crippen molar-refractivity contribution >= 4 is 52.6 Å². The zero-order valence-corrected chi connectivity index (χ0v) is 40.1. The second-order valence-electron chi connectivity index (χ2n) is 18.7. The van der Waals surface area contributed by atoms with Gasteiger partial charge in [0.1, 0.15) is 40.9 Å². The minimum Gasteiger partial charge on any atom is -0.400 e. The van der Waals surface area contributed by atoms with Crippen LogP contribution >= 0.6 is 11.6 Å². The minimum atomic E-state index is -3.84. The molecule has 3 aromatic heterocycles. The van der Waals surface area contributed by atoms with Crippen LogP contribution in [0.2, 0.25) is 21.6 Å². The van der Waals surface area contributed by atoms with E-state index in [-0.39, 0.29) is 68.2 Å². The molecule has 3 heterocycles. The standard InChI is InChI=1S/C46H50ClF6N7O4SSi/c1-23(2)66(24(3)4,25(5)6)64-45(15-16-45)14-13-29-9-10-30(31-11-12-34(47)38-41(31)59(7)57-44(38)58-65(8,62)63)39(54-29)35(19-26-17-27(48)20-28(49)18-26)55-36(61)22-60-42-37(40(56-60)43(50)51)32-21-33(32)46(42,52)53/h9-12,17-18,20,23-25,32-33,35,43H,15-16,19,21-22H2,1-8H3,(H,55,61)(H,57,58)/t32-,33+,35-/m0/s1. The number of carbonyl (C=O) groups excluding carboxylic acids is 1. The maximum atomic E-state index is 15.6. The number of carbonyl (C=O) groups is 1. The molecule has 0 bridgehead atoms. The van der Waals surface area contributed by atoms with E-state index in [1.807, 2.05) is 0 Å². The molecule has 2 N–H and O–H groups in total. The van der Waals surface area contributed by atoms with Gasteiger partial charge in [0.25, 0.3) is 12.3 Å². The first kappa shape index (κ1) is 47.6. The molecule has 0 radical (unpaired) electrons. The van der Waals surface area contributed by atoms with Crippen LogP contribution in [0, 0.1) is 29.4 Å². The number of benzene rings is 2. The number of anilines is 1. The van der Waals surface area contributed by atoms with Crippen LogP contribution in [-0.4, -0.2) is 59.0 Å². The lowest BCUT2D eigenvalue weighted by atomic mass is 9.93. The molecule has 2 fully saturated rings. The average molecular weight is 975 g/mol. The Bertz CT molecular complexity index is 2900. The monoisotopic (exact) mass is 973 g/mol. The Hall–Kier alpha value is -4.90. The number of halogens is 7. The second kappa shape index (κ2) is 17.0. The summed E-state index contributed by atoms with van der Waals surface area (Å²) < 4.78 is 126. The number of fused-ring (bicyclic) bond motifs is 4. The number of aromatic nitrogens is 5. The summed E-state index contributed by atoms with van der Waals surface area (Å²) >= 11 is 6.69. The molecule has 0 unspecified atom stereocenters. The van der Waals surface area contributed by atoms with Crippen LogP contribution in [0.15, 0.2) is 42.5 Å². The Labute approximate surface area is 385 Å². The van der Waals surface area contributed by atoms with Crippen molar-refractivity contribution in [3.05, 3.63) is 93.0 Å². The van der Waals surface area contributed by atoms with E-state index in [1.54, 1.807) is 25.2 Å². The molecule has 8 rings (SSSR count). The van der Waals surface area contributed by atoms with Crippen molar-refractivity contribution in [2.75, 3.05) is 11.0 Å². The molecule has 352 valence electrons. The molecule has 66 heavy (non-hydrogen) atoms. The van der Waals surface area contributed by atoms with E-state index in [2.05, 4.69) is 73.6 Å². The largest absolute Gasteiger partial charge is 0.400 e. The first-order valence-corrected chi connectivity index (χ1v) is 26.2. The topological polar surface area (TPSA) is 133 Å². The number of hydrogen-bond donors (Lipinski definition) is 2. The summed E-state index contributed by atoms with van der Waals surface area (Å²) in [6, 6.07) is 8.02. The van der Waals surface area contributed by atoms with E-state index >= 15 is 8.78 Å². The third-order valence-electron chi connectivity index (χ3n) is 13.1. The Morgan fingerprint density at radius 3 is 2.20 bits per heavy atom. The van der Waals surface area contributed by atoms with Gasteiger partial charge in [-0.3, -0.25) is 18.9 Å². The summed E-state index contributed by atoms with van der Waals surface area (Å²) in [6.07, 6.45) is -1.08. The van der Waals surface area contributed by atoms with Gasteiger partial charge in [-0.15, -0.1) is 0 Å². The van der Waals surface area contributed by atoms with Crippen LogP contribution in [0.25, 0.3) is 22.0 Å². The lowest BCUT2D eigenvalue weighted by Gasteiger charge is -2.44. The fraction of sp³-hybridized carbons (Fsp3) is 0.478. The van der Waals surface area contributed by atoms with Gasteiger partial charge in [-0.1, -0.05) is 65.1 Å². The zero-order chi connectivity index (χ0) is 48.0. The quantitative estimate of drug-likeness (QED) is 0.0606. The minimum absolute atomic E-state index is 0.0290. The number of pyridine rings is 1. The van der Waals surface area contributed by atoms with Gasteiger partial charge in [0, 0.05) is 35.7 Å². The lowest BCUT2D eigenvalue weighted by Crippen LogP contribution is -2.50. The number of amides is 1. The maximum Gasteiger partial charge on any atom is 0.293 e. The predicted molar refractivity (Wildman–Crippen MR) is 241 cm³/mol. The van der Waals surface area contributed by atoms with E-state index < -0.39 is 89.6 Å². The fourth-order valence-electron chi connectivity index (χ4n) is 10.3. The molecule has 3 aliphatic carbocycles. The molecule has 11 nitrogen and oxygen atoms in total. The van der Waals surface area contributed by atoms with Gasteiger partial charge in [0.05, 0.1) is 33.9 Å². The Kier molecular flexibility index (Phi) is 12.3. The van der Waals surface area contributed by atoms with E-state index in [0.29, 0.717) is 40.2 Å². The molecule has 2 saturated carbocycles. The van der Waals surface area contributed by atoms with Crippen molar-refractivity contribution in [3.8, 4) is 23.0 Å². The summed E-state index contributed by atoms with van der Waals surface area (Å²) in [5.41, 5.74) is -0.148. The Balaban J connectivity index is 1.28. The van der Waals surface area contributed by atoms with Crippen LogP contribution in [0.4, 0.5) is 32.2 Å². The highest BCUT2D eigenvalue weighted by Gasteiger charge is 2.67. The van der Waals surface area contributed by atoms with E-state index in [9.17, 15) is 30.8 Å². The maximum absolute atomic E-state index is 15.6. The van der Waals surface area contributed by atoms with Gasteiger partial charge < -0.3 is 9.74 Å². The molecule has 3 aliphatic rings. The molecule has 0 saturated heterocycles. The molecule has 0 spiro atoms. The van der Waals surface area contributed by atoms with Gasteiger partial charge in [0.2, 0.25) is 24.2 Å². The SMILES string of the molecule is CC(C)[Si](OC1(C#Cc2ccc(-c3ccc(Cl)c4c(NS(C)(=O)=O)nn(C)c34)c([C@H](Cc3cc(F)cc(F)c3)NC(=O)Cn3nc(C(F)F)c4c3C(F)(F)[C@@H]3C[C@H]43)n2)CC1)(C(C)C)C(C)C. The summed E-state index contributed by atoms with van der Waals surface area (Å²) in [6.45, 7) is 12.2. The number of nitrogens with zero attached hydrogens (tertiary/aromatic N) is 5. The van der Waals surface area contributed by atoms with Crippen molar-refractivity contribution in [3.63, 3.8) is 0 Å². The second-order valence-corrected chi connectivity index (χ2v) is 26.3. The first-order valence-electron chi connectivity index (χ1n) is 21.7. The highest BCUT2D eigenvalue weighted by atomic mass is 35.5. The van der Waals surface area contributed by atoms with Crippen molar-refractivity contribution in [2.24, 2.45) is 13.0 Å². The normalized spacial score (nSPS) is 18.7. The van der Waals surface area contributed by atoms with Crippen molar-refractivity contribution in [1.82, 2.24) is 29.9 Å². The smallest absolute Gasteiger partial charge is 0.293 e. The van der Waals surface area contributed by atoms with Crippen molar-refractivity contribution < 1.29 is 44.0 Å². The highest BCUT2D eigenvalue weighted by molar-refractivity contribution is 7.92. The van der Waals surface area contributed by atoms with Crippen molar-refractivity contribution in [1.29, 1.82) is 0 Å². The van der Waals surface area contributed by atoms with Crippen LogP contribution in [0.3, 0.4) is 0 Å². The number of rotatable bonds is 15. The third-order valence-corrected chi connectivity index (χ3v) is 20.2. The number of sulfonamides is 1. The fourth-order valence-corrected chi connectivity index (χ4v) is 16.6. The zero-order valence-electron chi connectivity index (χ0n) is 37.5. The molecule has 20 heteroatoms. The first-order chi connectivity index (χ1) is 30.9. The summed E-state index contributed by atoms with van der Waals surface area (Å²) in [7, 11) is -4.65.